The Hall–Kier alpha value is -2.47. The van der Waals surface area contributed by atoms with Gasteiger partial charge in [0, 0.05) is 24.2 Å². The summed E-state index contributed by atoms with van der Waals surface area (Å²) in [6.45, 7) is 0. The van der Waals surface area contributed by atoms with Crippen molar-refractivity contribution in [1.29, 1.82) is 0 Å². The number of sulfone groups is 1. The highest BCUT2D eigenvalue weighted by Gasteiger charge is 2.08. The lowest BCUT2D eigenvalue weighted by molar-refractivity contribution is 0.602. The fourth-order valence-corrected chi connectivity index (χ4v) is 2.63. The van der Waals surface area contributed by atoms with Crippen LogP contribution in [0.2, 0.25) is 0 Å². The van der Waals surface area contributed by atoms with Crippen molar-refractivity contribution in [3.8, 4) is 16.8 Å². The summed E-state index contributed by atoms with van der Waals surface area (Å²) in [5, 5.41) is 4.29. The third kappa shape index (κ3) is 2.85. The number of rotatable bonds is 3. The summed E-state index contributed by atoms with van der Waals surface area (Å²) < 4.78 is 24.6. The van der Waals surface area contributed by atoms with Gasteiger partial charge in [-0.2, -0.15) is 5.10 Å². The van der Waals surface area contributed by atoms with E-state index in [1.165, 1.54) is 6.26 Å². The molecule has 3 aromatic rings. The molecule has 0 amide bonds. The van der Waals surface area contributed by atoms with Gasteiger partial charge in [0.05, 0.1) is 23.0 Å². The van der Waals surface area contributed by atoms with Crippen molar-refractivity contribution in [2.45, 2.75) is 4.90 Å². The molecule has 106 valence electrons. The Morgan fingerprint density at radius 3 is 2.38 bits per heavy atom. The Bertz CT molecular complexity index is 853. The second-order valence-electron chi connectivity index (χ2n) is 4.68. The molecule has 3 rings (SSSR count). The number of benzene rings is 1. The lowest BCUT2D eigenvalue weighted by Crippen LogP contribution is -1.96. The van der Waals surface area contributed by atoms with E-state index in [0.29, 0.717) is 4.90 Å². The largest absolute Gasteiger partial charge is 0.262 e. The lowest BCUT2D eigenvalue weighted by atomic mass is 10.1. The quantitative estimate of drug-likeness (QED) is 0.744. The third-order valence-electron chi connectivity index (χ3n) is 3.11. The second-order valence-corrected chi connectivity index (χ2v) is 6.70. The Kier molecular flexibility index (Phi) is 3.31. The highest BCUT2D eigenvalue weighted by Crippen LogP contribution is 2.21. The normalized spacial score (nSPS) is 11.5. The van der Waals surface area contributed by atoms with Crippen LogP contribution in [0, 0.1) is 0 Å². The molecule has 1 aromatic carbocycles. The minimum atomic E-state index is -3.17. The highest BCUT2D eigenvalue weighted by atomic mass is 32.2. The predicted molar refractivity (Wildman–Crippen MR) is 79.9 cm³/mol. The number of hydrogen-bond acceptors (Lipinski definition) is 4. The number of hydrogen-bond donors (Lipinski definition) is 0. The summed E-state index contributed by atoms with van der Waals surface area (Å²) in [6, 6.07) is 10.5. The van der Waals surface area contributed by atoms with E-state index in [9.17, 15) is 8.42 Å². The maximum absolute atomic E-state index is 11.4. The molecular formula is C15H13N3O2S. The molecule has 2 aromatic heterocycles. The lowest BCUT2D eigenvalue weighted by Gasteiger charge is -2.01. The SMILES string of the molecule is CS(=O)(=O)c1ccc(-c2cnn(-c3cccnc3)c2)cc1. The summed E-state index contributed by atoms with van der Waals surface area (Å²) in [5.74, 6) is 0. The van der Waals surface area contributed by atoms with E-state index in [1.54, 1.807) is 47.5 Å². The van der Waals surface area contributed by atoms with Crippen LogP contribution in [-0.2, 0) is 9.84 Å². The van der Waals surface area contributed by atoms with Gasteiger partial charge in [0.1, 0.15) is 0 Å². The summed E-state index contributed by atoms with van der Waals surface area (Å²) in [5.41, 5.74) is 2.70. The van der Waals surface area contributed by atoms with Crippen molar-refractivity contribution < 1.29 is 8.42 Å². The van der Waals surface area contributed by atoms with E-state index in [2.05, 4.69) is 10.1 Å². The average molecular weight is 299 g/mol. The van der Waals surface area contributed by atoms with Gasteiger partial charge in [0.2, 0.25) is 0 Å². The predicted octanol–water partition coefficient (Wildman–Crippen LogP) is 2.34. The van der Waals surface area contributed by atoms with Gasteiger partial charge >= 0.3 is 0 Å². The Morgan fingerprint density at radius 2 is 1.76 bits per heavy atom. The van der Waals surface area contributed by atoms with E-state index in [1.807, 2.05) is 18.3 Å². The molecule has 5 nitrogen and oxygen atoms in total. The van der Waals surface area contributed by atoms with E-state index in [4.69, 9.17) is 0 Å². The molecule has 2 heterocycles. The Labute approximate surface area is 122 Å². The third-order valence-corrected chi connectivity index (χ3v) is 4.24. The minimum Gasteiger partial charge on any atom is -0.262 e. The Morgan fingerprint density at radius 1 is 1.00 bits per heavy atom. The molecule has 0 atom stereocenters. The zero-order valence-electron chi connectivity index (χ0n) is 11.3. The van der Waals surface area contributed by atoms with Crippen LogP contribution in [0.4, 0.5) is 0 Å². The summed E-state index contributed by atoms with van der Waals surface area (Å²) in [7, 11) is -3.17. The molecule has 0 aliphatic carbocycles. The van der Waals surface area contributed by atoms with Crippen molar-refractivity contribution >= 4 is 9.84 Å². The molecule has 0 fully saturated rings. The molecule has 0 aliphatic rings. The molecule has 0 saturated carbocycles. The van der Waals surface area contributed by atoms with Crippen molar-refractivity contribution in [2.75, 3.05) is 6.26 Å². The molecule has 0 bridgehead atoms. The molecule has 0 spiro atoms. The smallest absolute Gasteiger partial charge is 0.175 e. The van der Waals surface area contributed by atoms with Gasteiger partial charge in [-0.3, -0.25) is 4.98 Å². The first-order chi connectivity index (χ1) is 10.0. The van der Waals surface area contributed by atoms with Gasteiger partial charge in [0.25, 0.3) is 0 Å². The molecule has 6 heteroatoms. The van der Waals surface area contributed by atoms with Gasteiger partial charge in [0.15, 0.2) is 9.84 Å². The summed E-state index contributed by atoms with van der Waals surface area (Å²) in [6.07, 6.45) is 8.25. The van der Waals surface area contributed by atoms with Gasteiger partial charge in [-0.25, -0.2) is 13.1 Å². The van der Waals surface area contributed by atoms with Crippen LogP contribution in [0.15, 0.2) is 66.1 Å². The molecule has 0 unspecified atom stereocenters. The average Bonchev–Trinajstić information content (AvgIpc) is 2.97. The van der Waals surface area contributed by atoms with Gasteiger partial charge in [-0.1, -0.05) is 12.1 Å². The van der Waals surface area contributed by atoms with Crippen molar-refractivity contribution in [3.63, 3.8) is 0 Å². The van der Waals surface area contributed by atoms with Crippen LogP contribution in [0.3, 0.4) is 0 Å². The van der Waals surface area contributed by atoms with E-state index >= 15 is 0 Å². The van der Waals surface area contributed by atoms with Crippen molar-refractivity contribution in [3.05, 3.63) is 61.2 Å². The van der Waals surface area contributed by atoms with E-state index in [-0.39, 0.29) is 0 Å². The van der Waals surface area contributed by atoms with Gasteiger partial charge in [-0.05, 0) is 29.8 Å². The van der Waals surface area contributed by atoms with Gasteiger partial charge in [-0.15, -0.1) is 0 Å². The van der Waals surface area contributed by atoms with E-state index in [0.717, 1.165) is 16.8 Å². The molecule has 0 aliphatic heterocycles. The topological polar surface area (TPSA) is 64.8 Å². The maximum atomic E-state index is 11.4. The van der Waals surface area contributed by atoms with Crippen LogP contribution in [0.1, 0.15) is 0 Å². The van der Waals surface area contributed by atoms with E-state index < -0.39 is 9.84 Å². The summed E-state index contributed by atoms with van der Waals surface area (Å²) in [4.78, 5) is 4.37. The van der Waals surface area contributed by atoms with Crippen molar-refractivity contribution in [1.82, 2.24) is 14.8 Å². The minimum absolute atomic E-state index is 0.311. The van der Waals surface area contributed by atoms with Crippen LogP contribution >= 0.6 is 0 Å². The fraction of sp³-hybridized carbons (Fsp3) is 0.0667. The molecular weight excluding hydrogens is 286 g/mol. The monoisotopic (exact) mass is 299 g/mol. The number of nitrogens with zero attached hydrogens (tertiary/aromatic N) is 3. The number of pyridine rings is 1. The van der Waals surface area contributed by atoms with Crippen LogP contribution in [0.25, 0.3) is 16.8 Å². The molecule has 0 N–H and O–H groups in total. The molecule has 0 radical (unpaired) electrons. The van der Waals surface area contributed by atoms with Crippen LogP contribution in [0.5, 0.6) is 0 Å². The second kappa shape index (κ2) is 5.14. The van der Waals surface area contributed by atoms with Crippen LogP contribution in [-0.4, -0.2) is 29.4 Å². The van der Waals surface area contributed by atoms with Crippen LogP contribution < -0.4 is 0 Å². The molecule has 21 heavy (non-hydrogen) atoms. The zero-order valence-corrected chi connectivity index (χ0v) is 12.2. The first-order valence-corrected chi connectivity index (χ1v) is 8.19. The first kappa shape index (κ1) is 13.5. The highest BCUT2D eigenvalue weighted by molar-refractivity contribution is 7.90. The van der Waals surface area contributed by atoms with Gasteiger partial charge < -0.3 is 0 Å². The molecule has 0 saturated heterocycles. The number of aromatic nitrogens is 3. The standard InChI is InChI=1S/C15H13N3O2S/c1-21(19,20)15-6-4-12(5-7-15)13-9-17-18(11-13)14-3-2-8-16-10-14/h2-11H,1H3. The fourth-order valence-electron chi connectivity index (χ4n) is 2.00. The summed E-state index contributed by atoms with van der Waals surface area (Å²) >= 11 is 0. The Balaban J connectivity index is 1.94. The van der Waals surface area contributed by atoms with Crippen molar-refractivity contribution in [2.24, 2.45) is 0 Å². The zero-order chi connectivity index (χ0) is 14.9. The first-order valence-electron chi connectivity index (χ1n) is 6.29. The maximum Gasteiger partial charge on any atom is 0.175 e.